The molecule has 0 atom stereocenters. The summed E-state index contributed by atoms with van der Waals surface area (Å²) in [6, 6.07) is 9.37. The molecule has 0 radical (unpaired) electrons. The van der Waals surface area contributed by atoms with Crippen LogP contribution in [0.3, 0.4) is 0 Å². The number of hydrogen-bond acceptors (Lipinski definition) is 5. The Bertz CT molecular complexity index is 876. The van der Waals surface area contributed by atoms with Gasteiger partial charge >= 0.3 is 5.97 Å². The lowest BCUT2D eigenvalue weighted by Gasteiger charge is -2.09. The molecule has 0 bridgehead atoms. The van der Waals surface area contributed by atoms with Gasteiger partial charge in [0.15, 0.2) is 11.5 Å². The number of aromatic carboxylic acids is 1. The zero-order valence-corrected chi connectivity index (χ0v) is 14.8. The minimum absolute atomic E-state index is 0.0121. The van der Waals surface area contributed by atoms with Gasteiger partial charge in [-0.3, -0.25) is 4.79 Å². The Morgan fingerprint density at radius 3 is 2.26 bits per heavy atom. The number of amides is 1. The average Bonchev–Trinajstić information content (AvgIpc) is 2.66. The summed E-state index contributed by atoms with van der Waals surface area (Å²) in [6.07, 6.45) is 6.09. The number of carboxylic acids is 1. The van der Waals surface area contributed by atoms with Gasteiger partial charge in [-0.1, -0.05) is 30.4 Å². The monoisotopic (exact) mass is 369 g/mol. The van der Waals surface area contributed by atoms with Crippen LogP contribution in [0.2, 0.25) is 0 Å². The van der Waals surface area contributed by atoms with Gasteiger partial charge in [0.1, 0.15) is 0 Å². The fourth-order valence-corrected chi connectivity index (χ4v) is 2.27. The van der Waals surface area contributed by atoms with Gasteiger partial charge in [-0.05, 0) is 29.8 Å². The lowest BCUT2D eigenvalue weighted by molar-refractivity contribution is -0.111. The van der Waals surface area contributed by atoms with E-state index in [2.05, 4.69) is 5.32 Å². The van der Waals surface area contributed by atoms with Crippen molar-refractivity contribution in [1.82, 2.24) is 0 Å². The molecule has 27 heavy (non-hydrogen) atoms. The summed E-state index contributed by atoms with van der Waals surface area (Å²) in [5.74, 6) is -1.15. The summed E-state index contributed by atoms with van der Waals surface area (Å²) >= 11 is 0. The molecule has 0 unspecified atom stereocenters. The molecule has 0 aliphatic heterocycles. The number of para-hydroxylation sites is 1. The van der Waals surface area contributed by atoms with Gasteiger partial charge in [0, 0.05) is 6.08 Å². The van der Waals surface area contributed by atoms with Crippen LogP contribution in [0.4, 0.5) is 5.69 Å². The van der Waals surface area contributed by atoms with Crippen LogP contribution in [0, 0.1) is 0 Å². The lowest BCUT2D eigenvalue weighted by atomic mass is 10.1. The van der Waals surface area contributed by atoms with E-state index in [1.54, 1.807) is 36.4 Å². The predicted molar refractivity (Wildman–Crippen MR) is 101 cm³/mol. The minimum atomic E-state index is -1.12. The Labute approximate surface area is 156 Å². The first-order chi connectivity index (χ1) is 13.0. The summed E-state index contributed by atoms with van der Waals surface area (Å²) in [5.41, 5.74) is 0.928. The standard InChI is InChI=1S/C20H19NO6/c1-26-16-11-13(12-17(27-2)19(16)23)7-3-6-10-18(22)21-15-9-5-4-8-14(15)20(24)25/h3-12,23H,1-2H3,(H,21,22)(H,24,25). The van der Waals surface area contributed by atoms with E-state index in [4.69, 9.17) is 14.6 Å². The van der Waals surface area contributed by atoms with Gasteiger partial charge in [0.05, 0.1) is 25.5 Å². The number of aromatic hydroxyl groups is 1. The molecular weight excluding hydrogens is 350 g/mol. The maximum absolute atomic E-state index is 11.9. The SMILES string of the molecule is COc1cc(C=CC=CC(=O)Nc2ccccc2C(=O)O)cc(OC)c1O. The van der Waals surface area contributed by atoms with Gasteiger partial charge < -0.3 is 25.0 Å². The number of carbonyl (C=O) groups is 2. The number of carboxylic acid groups (broad SMARTS) is 1. The number of nitrogens with one attached hydrogen (secondary N) is 1. The van der Waals surface area contributed by atoms with Crippen molar-refractivity contribution in [3.05, 3.63) is 65.8 Å². The topological polar surface area (TPSA) is 105 Å². The summed E-state index contributed by atoms with van der Waals surface area (Å²) < 4.78 is 10.2. The highest BCUT2D eigenvalue weighted by Crippen LogP contribution is 2.37. The second kappa shape index (κ2) is 9.10. The Morgan fingerprint density at radius 1 is 1.04 bits per heavy atom. The number of carbonyl (C=O) groups excluding carboxylic acids is 1. The molecule has 3 N–H and O–H groups in total. The highest BCUT2D eigenvalue weighted by Gasteiger charge is 2.10. The second-order valence-electron chi connectivity index (χ2n) is 5.33. The molecule has 0 fully saturated rings. The smallest absolute Gasteiger partial charge is 0.337 e. The third-order valence-corrected chi connectivity index (χ3v) is 3.56. The quantitative estimate of drug-likeness (QED) is 0.511. The Balaban J connectivity index is 2.07. The molecule has 0 saturated carbocycles. The van der Waals surface area contributed by atoms with Crippen LogP contribution in [0.5, 0.6) is 17.2 Å². The Kier molecular flexibility index (Phi) is 6.60. The largest absolute Gasteiger partial charge is 0.502 e. The molecule has 2 aromatic rings. The highest BCUT2D eigenvalue weighted by atomic mass is 16.5. The number of methoxy groups -OCH3 is 2. The first-order valence-electron chi connectivity index (χ1n) is 7.89. The molecule has 2 rings (SSSR count). The van der Waals surface area contributed by atoms with Crippen LogP contribution in [0.15, 0.2) is 54.6 Å². The fraction of sp³-hybridized carbons (Fsp3) is 0.100. The minimum Gasteiger partial charge on any atom is -0.502 e. The molecule has 0 heterocycles. The summed E-state index contributed by atoms with van der Waals surface area (Å²) in [5, 5.41) is 21.5. The van der Waals surface area contributed by atoms with Crippen LogP contribution in [-0.2, 0) is 4.79 Å². The zero-order chi connectivity index (χ0) is 19.8. The van der Waals surface area contributed by atoms with E-state index in [0.717, 1.165) is 0 Å². The number of hydrogen-bond donors (Lipinski definition) is 3. The molecule has 140 valence electrons. The number of phenols is 1. The van der Waals surface area contributed by atoms with Crippen LogP contribution >= 0.6 is 0 Å². The van der Waals surface area contributed by atoms with Crippen LogP contribution in [-0.4, -0.2) is 36.3 Å². The van der Waals surface area contributed by atoms with E-state index < -0.39 is 11.9 Å². The van der Waals surface area contributed by atoms with Crippen LogP contribution in [0.1, 0.15) is 15.9 Å². The van der Waals surface area contributed by atoms with Crippen molar-refractivity contribution in [3.8, 4) is 17.2 Å². The van der Waals surface area contributed by atoms with Crippen molar-refractivity contribution >= 4 is 23.6 Å². The molecule has 0 aliphatic carbocycles. The van der Waals surface area contributed by atoms with Crippen molar-refractivity contribution < 1.29 is 29.3 Å². The molecule has 7 nitrogen and oxygen atoms in total. The first-order valence-corrected chi connectivity index (χ1v) is 7.89. The molecule has 1 amide bonds. The van der Waals surface area contributed by atoms with Gasteiger partial charge in [-0.15, -0.1) is 0 Å². The number of allylic oxidation sites excluding steroid dienone is 2. The van der Waals surface area contributed by atoms with E-state index in [-0.39, 0.29) is 28.5 Å². The molecule has 0 aromatic heterocycles. The summed E-state index contributed by atoms with van der Waals surface area (Å²) in [4.78, 5) is 23.1. The van der Waals surface area contributed by atoms with Crippen molar-refractivity contribution in [3.63, 3.8) is 0 Å². The van der Waals surface area contributed by atoms with Crippen molar-refractivity contribution in [2.45, 2.75) is 0 Å². The van der Waals surface area contributed by atoms with Crippen LogP contribution < -0.4 is 14.8 Å². The molecular formula is C20H19NO6. The normalized spacial score (nSPS) is 10.9. The third-order valence-electron chi connectivity index (χ3n) is 3.56. The van der Waals surface area contributed by atoms with Gasteiger partial charge in [0.25, 0.3) is 0 Å². The first kappa shape index (κ1) is 19.6. The number of benzene rings is 2. The maximum atomic E-state index is 11.9. The molecule has 0 saturated heterocycles. The Morgan fingerprint density at radius 2 is 1.67 bits per heavy atom. The number of anilines is 1. The summed E-state index contributed by atoms with van der Waals surface area (Å²) in [7, 11) is 2.86. The maximum Gasteiger partial charge on any atom is 0.337 e. The Hall–Kier alpha value is -3.74. The highest BCUT2D eigenvalue weighted by molar-refractivity contribution is 6.04. The zero-order valence-electron chi connectivity index (χ0n) is 14.8. The van der Waals surface area contributed by atoms with Crippen LogP contribution in [0.25, 0.3) is 6.08 Å². The van der Waals surface area contributed by atoms with E-state index in [0.29, 0.717) is 5.56 Å². The molecule has 0 spiro atoms. The van der Waals surface area contributed by atoms with Crippen molar-refractivity contribution in [2.75, 3.05) is 19.5 Å². The third kappa shape index (κ3) is 5.12. The lowest BCUT2D eigenvalue weighted by Crippen LogP contribution is -2.11. The molecule has 0 aliphatic rings. The van der Waals surface area contributed by atoms with Crippen molar-refractivity contribution in [2.24, 2.45) is 0 Å². The van der Waals surface area contributed by atoms with Gasteiger partial charge in [-0.25, -0.2) is 4.79 Å². The number of rotatable bonds is 7. The van der Waals surface area contributed by atoms with E-state index in [1.165, 1.54) is 38.5 Å². The van der Waals surface area contributed by atoms with Gasteiger partial charge in [0.2, 0.25) is 11.7 Å². The number of phenolic OH excluding ortho intramolecular Hbond substituents is 1. The number of ether oxygens (including phenoxy) is 2. The average molecular weight is 369 g/mol. The fourth-order valence-electron chi connectivity index (χ4n) is 2.27. The molecule has 2 aromatic carbocycles. The van der Waals surface area contributed by atoms with E-state index >= 15 is 0 Å². The van der Waals surface area contributed by atoms with E-state index in [9.17, 15) is 14.7 Å². The summed E-state index contributed by atoms with van der Waals surface area (Å²) in [6.45, 7) is 0. The predicted octanol–water partition coefficient (Wildman–Crippen LogP) is 3.32. The molecule has 7 heteroatoms. The van der Waals surface area contributed by atoms with E-state index in [1.807, 2.05) is 0 Å². The second-order valence-corrected chi connectivity index (χ2v) is 5.33. The van der Waals surface area contributed by atoms with Crippen molar-refractivity contribution in [1.29, 1.82) is 0 Å². The van der Waals surface area contributed by atoms with Gasteiger partial charge in [-0.2, -0.15) is 0 Å².